The maximum atomic E-state index is 12.4. The molecule has 0 saturated carbocycles. The van der Waals surface area contributed by atoms with Crippen molar-refractivity contribution in [2.24, 2.45) is 0 Å². The Morgan fingerprint density at radius 2 is 2.00 bits per heavy atom. The quantitative estimate of drug-likeness (QED) is 0.701. The summed E-state index contributed by atoms with van der Waals surface area (Å²) in [4.78, 5) is 16.6. The molecule has 1 heterocycles. The molecule has 9 heteroatoms. The van der Waals surface area contributed by atoms with Crippen LogP contribution in [-0.4, -0.2) is 42.9 Å². The fourth-order valence-electron chi connectivity index (χ4n) is 2.49. The molecule has 0 radical (unpaired) electrons. The number of sulfonamides is 1. The van der Waals surface area contributed by atoms with Gasteiger partial charge in [0.2, 0.25) is 21.8 Å². The van der Waals surface area contributed by atoms with Gasteiger partial charge in [0.25, 0.3) is 0 Å². The van der Waals surface area contributed by atoms with Crippen LogP contribution < -0.4 is 5.32 Å². The molecule has 0 bridgehead atoms. The Labute approximate surface area is 160 Å². The molecule has 8 nitrogen and oxygen atoms in total. The molecular weight excluding hydrogens is 368 g/mol. The van der Waals surface area contributed by atoms with E-state index >= 15 is 0 Å². The molecule has 0 fully saturated rings. The number of anilines is 1. The highest BCUT2D eigenvalue weighted by molar-refractivity contribution is 7.89. The topological polar surface area (TPSA) is 105 Å². The largest absolute Gasteiger partial charge is 0.339 e. The van der Waals surface area contributed by atoms with E-state index in [1.165, 1.54) is 20.2 Å². The molecule has 0 saturated heterocycles. The first-order chi connectivity index (χ1) is 12.7. The lowest BCUT2D eigenvalue weighted by molar-refractivity contribution is -0.116. The minimum absolute atomic E-state index is 0.180. The summed E-state index contributed by atoms with van der Waals surface area (Å²) in [5, 5.41) is 6.62. The number of carbonyl (C=O) groups is 1. The van der Waals surface area contributed by atoms with Gasteiger partial charge in [-0.1, -0.05) is 18.1 Å². The van der Waals surface area contributed by atoms with Gasteiger partial charge in [-0.05, 0) is 37.5 Å². The molecule has 1 aromatic carbocycles. The zero-order chi connectivity index (χ0) is 20.0. The van der Waals surface area contributed by atoms with Crippen LogP contribution in [0.4, 0.5) is 5.69 Å². The molecule has 0 spiro atoms. The summed E-state index contributed by atoms with van der Waals surface area (Å²) in [6, 6.07) is 4.86. The van der Waals surface area contributed by atoms with Crippen LogP contribution >= 0.6 is 0 Å². The van der Waals surface area contributed by atoms with Crippen LogP contribution in [0.1, 0.15) is 43.5 Å². The first-order valence-electron chi connectivity index (χ1n) is 8.88. The molecule has 1 N–H and O–H groups in total. The SMILES string of the molecule is CCCc1noc(CCCC(=O)Nc2ccc(C)c(S(=O)(=O)N(C)C)c2)n1. The summed E-state index contributed by atoms with van der Waals surface area (Å²) < 4.78 is 31.0. The van der Waals surface area contributed by atoms with E-state index in [4.69, 9.17) is 4.52 Å². The minimum atomic E-state index is -3.57. The van der Waals surface area contributed by atoms with Crippen molar-refractivity contribution >= 4 is 21.6 Å². The molecule has 0 aliphatic rings. The summed E-state index contributed by atoms with van der Waals surface area (Å²) in [5.74, 6) is 1.02. The number of aromatic nitrogens is 2. The number of hydrogen-bond acceptors (Lipinski definition) is 6. The van der Waals surface area contributed by atoms with Crippen molar-refractivity contribution in [1.82, 2.24) is 14.4 Å². The molecule has 0 unspecified atom stereocenters. The van der Waals surface area contributed by atoms with Crippen LogP contribution in [0.5, 0.6) is 0 Å². The Morgan fingerprint density at radius 3 is 2.67 bits per heavy atom. The van der Waals surface area contributed by atoms with Gasteiger partial charge < -0.3 is 9.84 Å². The summed E-state index contributed by atoms with van der Waals surface area (Å²) in [5.41, 5.74) is 1.08. The molecule has 0 aliphatic heterocycles. The van der Waals surface area contributed by atoms with Gasteiger partial charge in [0.15, 0.2) is 5.82 Å². The van der Waals surface area contributed by atoms with Gasteiger partial charge in [0.05, 0.1) is 4.90 Å². The normalized spacial score (nSPS) is 11.7. The predicted octanol–water partition coefficient (Wildman–Crippen LogP) is 2.54. The minimum Gasteiger partial charge on any atom is -0.339 e. The number of nitrogens with zero attached hydrogens (tertiary/aromatic N) is 3. The van der Waals surface area contributed by atoms with E-state index in [0.29, 0.717) is 35.8 Å². The second-order valence-corrected chi connectivity index (χ2v) is 8.64. The fraction of sp³-hybridized carbons (Fsp3) is 0.500. The molecule has 27 heavy (non-hydrogen) atoms. The van der Waals surface area contributed by atoms with Crippen molar-refractivity contribution in [3.05, 3.63) is 35.5 Å². The number of benzene rings is 1. The van der Waals surface area contributed by atoms with E-state index in [2.05, 4.69) is 15.5 Å². The van der Waals surface area contributed by atoms with Gasteiger partial charge in [0.1, 0.15) is 0 Å². The zero-order valence-electron chi connectivity index (χ0n) is 16.2. The van der Waals surface area contributed by atoms with Gasteiger partial charge in [0, 0.05) is 39.0 Å². The van der Waals surface area contributed by atoms with Crippen molar-refractivity contribution in [2.75, 3.05) is 19.4 Å². The van der Waals surface area contributed by atoms with E-state index in [9.17, 15) is 13.2 Å². The van der Waals surface area contributed by atoms with Gasteiger partial charge in [-0.3, -0.25) is 4.79 Å². The van der Waals surface area contributed by atoms with Crippen LogP contribution in [0.3, 0.4) is 0 Å². The highest BCUT2D eigenvalue weighted by atomic mass is 32.2. The second-order valence-electron chi connectivity index (χ2n) is 6.52. The lowest BCUT2D eigenvalue weighted by atomic mass is 10.2. The Kier molecular flexibility index (Phi) is 7.09. The summed E-state index contributed by atoms with van der Waals surface area (Å²) >= 11 is 0. The Hall–Kier alpha value is -2.26. The maximum Gasteiger partial charge on any atom is 0.242 e. The number of nitrogens with one attached hydrogen (secondary N) is 1. The van der Waals surface area contributed by atoms with E-state index in [0.717, 1.165) is 17.1 Å². The van der Waals surface area contributed by atoms with Gasteiger partial charge in [-0.25, -0.2) is 12.7 Å². The first-order valence-corrected chi connectivity index (χ1v) is 10.3. The van der Waals surface area contributed by atoms with Gasteiger partial charge in [-0.15, -0.1) is 0 Å². The molecule has 2 aromatic rings. The number of hydrogen-bond donors (Lipinski definition) is 1. The summed E-state index contributed by atoms with van der Waals surface area (Å²) in [6.45, 7) is 3.76. The number of carbonyl (C=O) groups excluding carboxylic acids is 1. The summed E-state index contributed by atoms with van der Waals surface area (Å²) in [6.07, 6.45) is 3.08. The molecule has 2 rings (SSSR count). The molecular formula is C18H26N4O4S. The van der Waals surface area contributed by atoms with Crippen molar-refractivity contribution in [2.45, 2.75) is 50.8 Å². The van der Waals surface area contributed by atoms with Gasteiger partial charge in [-0.2, -0.15) is 4.98 Å². The van der Waals surface area contributed by atoms with Crippen molar-refractivity contribution in [3.8, 4) is 0 Å². The average Bonchev–Trinajstić information content (AvgIpc) is 3.04. The van der Waals surface area contributed by atoms with Crippen LogP contribution in [0.2, 0.25) is 0 Å². The Bertz CT molecular complexity index is 891. The Balaban J connectivity index is 1.93. The maximum absolute atomic E-state index is 12.4. The smallest absolute Gasteiger partial charge is 0.242 e. The monoisotopic (exact) mass is 394 g/mol. The van der Waals surface area contributed by atoms with Crippen molar-refractivity contribution in [3.63, 3.8) is 0 Å². The first kappa shape index (κ1) is 21.0. The zero-order valence-corrected chi connectivity index (χ0v) is 17.0. The summed E-state index contributed by atoms with van der Waals surface area (Å²) in [7, 11) is -0.616. The molecule has 1 aromatic heterocycles. The fourth-order valence-corrected chi connectivity index (χ4v) is 3.64. The lowest BCUT2D eigenvalue weighted by Gasteiger charge is -2.15. The molecule has 0 atom stereocenters. The molecule has 1 amide bonds. The highest BCUT2D eigenvalue weighted by Crippen LogP contribution is 2.22. The average molecular weight is 394 g/mol. The predicted molar refractivity (Wildman–Crippen MR) is 102 cm³/mol. The highest BCUT2D eigenvalue weighted by Gasteiger charge is 2.20. The second kappa shape index (κ2) is 9.09. The van der Waals surface area contributed by atoms with Crippen LogP contribution in [-0.2, 0) is 27.7 Å². The number of amides is 1. The number of rotatable bonds is 9. The molecule has 148 valence electrons. The lowest BCUT2D eigenvalue weighted by Crippen LogP contribution is -2.23. The molecule has 0 aliphatic carbocycles. The van der Waals surface area contributed by atoms with Crippen LogP contribution in [0.25, 0.3) is 0 Å². The third-order valence-corrected chi connectivity index (χ3v) is 5.97. The number of aryl methyl sites for hydroxylation is 3. The third-order valence-electron chi connectivity index (χ3n) is 4.01. The van der Waals surface area contributed by atoms with E-state index in [-0.39, 0.29) is 17.2 Å². The van der Waals surface area contributed by atoms with E-state index in [1.807, 2.05) is 6.92 Å². The van der Waals surface area contributed by atoms with Crippen LogP contribution in [0.15, 0.2) is 27.6 Å². The Morgan fingerprint density at radius 1 is 1.26 bits per heavy atom. The van der Waals surface area contributed by atoms with E-state index < -0.39 is 10.0 Å². The van der Waals surface area contributed by atoms with Gasteiger partial charge >= 0.3 is 0 Å². The van der Waals surface area contributed by atoms with Crippen molar-refractivity contribution < 1.29 is 17.7 Å². The standard InChI is InChI=1S/C18H26N4O4S/c1-5-7-16-20-18(26-21-16)9-6-8-17(23)19-14-11-10-13(2)15(12-14)27(24,25)22(3)4/h10-12H,5-9H2,1-4H3,(H,19,23). The van der Waals surface area contributed by atoms with E-state index in [1.54, 1.807) is 19.1 Å². The van der Waals surface area contributed by atoms with Crippen molar-refractivity contribution in [1.29, 1.82) is 0 Å². The third kappa shape index (κ3) is 5.61. The van der Waals surface area contributed by atoms with Crippen LogP contribution in [0, 0.1) is 6.92 Å².